The Kier molecular flexibility index (Phi) is 10.7. The van der Waals surface area contributed by atoms with Gasteiger partial charge in [0.15, 0.2) is 0 Å². The van der Waals surface area contributed by atoms with Gasteiger partial charge in [-0.1, -0.05) is 54.6 Å². The Labute approximate surface area is 255 Å². The number of nitrogens with one attached hydrogen (secondary N) is 2. The topological polar surface area (TPSA) is 174 Å². The first-order valence-corrected chi connectivity index (χ1v) is 14.0. The van der Waals surface area contributed by atoms with Gasteiger partial charge >= 0.3 is 0 Å². The quantitative estimate of drug-likeness (QED) is 0.150. The standard InChI is InChI=1S/C34H34N4O6/c35-31(40)29(20-23-6-14-27(39)15-7-23)37-33(42)25-10-12-26(13-11-25)34(43)38-30(32(36)41)21-24-8-16-28(17-9-24)44-19-18-22-4-2-1-3-5-22/h1-17,29-30,39H,18-21H2,(H2,35,40)(H2,36,41)(H,37,42)(H,38,43). The number of phenolic OH excluding ortho intramolecular Hbond substituents is 1. The first-order valence-electron chi connectivity index (χ1n) is 14.0. The molecule has 4 aromatic carbocycles. The van der Waals surface area contributed by atoms with Crippen LogP contribution >= 0.6 is 0 Å². The molecular weight excluding hydrogens is 560 g/mol. The zero-order valence-corrected chi connectivity index (χ0v) is 23.9. The third kappa shape index (κ3) is 9.18. The molecule has 44 heavy (non-hydrogen) atoms. The lowest BCUT2D eigenvalue weighted by molar-refractivity contribution is -0.120. The lowest BCUT2D eigenvalue weighted by Crippen LogP contribution is -2.46. The van der Waals surface area contributed by atoms with Crippen LogP contribution in [0.3, 0.4) is 0 Å². The minimum Gasteiger partial charge on any atom is -0.508 e. The molecular formula is C34H34N4O6. The van der Waals surface area contributed by atoms with Crippen molar-refractivity contribution in [1.29, 1.82) is 0 Å². The summed E-state index contributed by atoms with van der Waals surface area (Å²) in [7, 11) is 0. The van der Waals surface area contributed by atoms with Gasteiger partial charge in [-0.3, -0.25) is 19.2 Å². The number of phenols is 1. The Morgan fingerprint density at radius 2 is 1.07 bits per heavy atom. The molecule has 2 unspecified atom stereocenters. The predicted molar refractivity (Wildman–Crippen MR) is 165 cm³/mol. The Morgan fingerprint density at radius 1 is 0.614 bits per heavy atom. The molecule has 2 atom stereocenters. The van der Waals surface area contributed by atoms with Crippen molar-refractivity contribution in [3.63, 3.8) is 0 Å². The molecule has 0 spiro atoms. The van der Waals surface area contributed by atoms with E-state index in [-0.39, 0.29) is 29.7 Å². The highest BCUT2D eigenvalue weighted by Gasteiger charge is 2.22. The first kappa shape index (κ1) is 31.3. The second-order valence-corrected chi connectivity index (χ2v) is 10.2. The van der Waals surface area contributed by atoms with Gasteiger partial charge < -0.3 is 31.9 Å². The number of hydrogen-bond donors (Lipinski definition) is 5. The van der Waals surface area contributed by atoms with Crippen molar-refractivity contribution in [2.45, 2.75) is 31.3 Å². The summed E-state index contributed by atoms with van der Waals surface area (Å²) in [6.45, 7) is 0.523. The molecule has 0 aromatic heterocycles. The number of primary amides is 2. The summed E-state index contributed by atoms with van der Waals surface area (Å²) in [6.07, 6.45) is 1.10. The molecule has 0 heterocycles. The van der Waals surface area contributed by atoms with Crippen molar-refractivity contribution >= 4 is 23.6 Å². The minimum atomic E-state index is -0.985. The second kappa shape index (κ2) is 15.0. The molecule has 4 aromatic rings. The average molecular weight is 595 g/mol. The van der Waals surface area contributed by atoms with Crippen molar-refractivity contribution in [3.8, 4) is 11.5 Å². The fourth-order valence-electron chi connectivity index (χ4n) is 4.46. The van der Waals surface area contributed by atoms with Gasteiger partial charge in [-0.05, 0) is 65.2 Å². The molecule has 0 aliphatic heterocycles. The van der Waals surface area contributed by atoms with Gasteiger partial charge in [-0.25, -0.2) is 0 Å². The molecule has 226 valence electrons. The highest BCUT2D eigenvalue weighted by atomic mass is 16.5. The van der Waals surface area contributed by atoms with Gasteiger partial charge in [-0.2, -0.15) is 0 Å². The summed E-state index contributed by atoms with van der Waals surface area (Å²) >= 11 is 0. The van der Waals surface area contributed by atoms with Crippen molar-refractivity contribution in [2.75, 3.05) is 6.61 Å². The van der Waals surface area contributed by atoms with E-state index in [1.165, 1.54) is 42.0 Å². The van der Waals surface area contributed by atoms with E-state index in [2.05, 4.69) is 10.6 Å². The van der Waals surface area contributed by atoms with E-state index < -0.39 is 35.7 Å². The number of carbonyl (C=O) groups excluding carboxylic acids is 4. The number of nitrogens with two attached hydrogens (primary N) is 2. The second-order valence-electron chi connectivity index (χ2n) is 10.2. The number of ether oxygens (including phenoxy) is 1. The maximum absolute atomic E-state index is 12.9. The Bertz CT molecular complexity index is 1570. The maximum atomic E-state index is 12.9. The number of aromatic hydroxyl groups is 1. The van der Waals surface area contributed by atoms with Crippen LogP contribution in [0, 0.1) is 0 Å². The maximum Gasteiger partial charge on any atom is 0.251 e. The summed E-state index contributed by atoms with van der Waals surface area (Å²) in [4.78, 5) is 49.7. The number of benzene rings is 4. The highest BCUT2D eigenvalue weighted by molar-refractivity contribution is 6.00. The smallest absolute Gasteiger partial charge is 0.251 e. The van der Waals surface area contributed by atoms with Gasteiger partial charge in [0.05, 0.1) is 6.61 Å². The molecule has 0 saturated carbocycles. The monoisotopic (exact) mass is 594 g/mol. The Balaban J connectivity index is 1.30. The highest BCUT2D eigenvalue weighted by Crippen LogP contribution is 2.15. The van der Waals surface area contributed by atoms with E-state index in [9.17, 15) is 24.3 Å². The van der Waals surface area contributed by atoms with Crippen molar-refractivity contribution < 1.29 is 29.0 Å². The number of amides is 4. The third-order valence-corrected chi connectivity index (χ3v) is 6.95. The lowest BCUT2D eigenvalue weighted by atomic mass is 10.0. The van der Waals surface area contributed by atoms with E-state index in [4.69, 9.17) is 16.2 Å². The third-order valence-electron chi connectivity index (χ3n) is 6.95. The molecule has 0 aliphatic rings. The van der Waals surface area contributed by atoms with E-state index in [1.807, 2.05) is 42.5 Å². The minimum absolute atomic E-state index is 0.0779. The molecule has 4 rings (SSSR count). The first-order chi connectivity index (χ1) is 21.2. The number of hydrogen-bond acceptors (Lipinski definition) is 6. The van der Waals surface area contributed by atoms with Gasteiger partial charge in [0, 0.05) is 30.4 Å². The van der Waals surface area contributed by atoms with Crippen LogP contribution in [0.5, 0.6) is 11.5 Å². The van der Waals surface area contributed by atoms with E-state index in [0.717, 1.165) is 12.0 Å². The summed E-state index contributed by atoms with van der Waals surface area (Å²) in [5.41, 5.74) is 14.1. The molecule has 10 nitrogen and oxygen atoms in total. The predicted octanol–water partition coefficient (Wildman–Crippen LogP) is 2.67. The summed E-state index contributed by atoms with van der Waals surface area (Å²) < 4.78 is 5.81. The van der Waals surface area contributed by atoms with Gasteiger partial charge in [0.25, 0.3) is 11.8 Å². The molecule has 0 radical (unpaired) electrons. The van der Waals surface area contributed by atoms with Crippen LogP contribution in [0.4, 0.5) is 0 Å². The normalized spacial score (nSPS) is 12.0. The van der Waals surface area contributed by atoms with Crippen LogP contribution in [-0.4, -0.2) is 47.4 Å². The fourth-order valence-corrected chi connectivity index (χ4v) is 4.46. The fraction of sp³-hybridized carbons (Fsp3) is 0.176. The summed E-state index contributed by atoms with van der Waals surface area (Å²) in [5.74, 6) is -1.73. The molecule has 7 N–H and O–H groups in total. The molecule has 0 bridgehead atoms. The van der Waals surface area contributed by atoms with Crippen molar-refractivity contribution in [3.05, 3.63) is 131 Å². The van der Waals surface area contributed by atoms with E-state index in [1.54, 1.807) is 24.3 Å². The Morgan fingerprint density at radius 3 is 1.52 bits per heavy atom. The van der Waals surface area contributed by atoms with Crippen LogP contribution in [0.2, 0.25) is 0 Å². The molecule has 10 heteroatoms. The van der Waals surface area contributed by atoms with Gasteiger partial charge in [0.1, 0.15) is 23.6 Å². The molecule has 0 aliphatic carbocycles. The number of rotatable bonds is 14. The van der Waals surface area contributed by atoms with E-state index in [0.29, 0.717) is 17.9 Å². The molecule has 0 saturated heterocycles. The van der Waals surface area contributed by atoms with Crippen LogP contribution < -0.4 is 26.8 Å². The average Bonchev–Trinajstić information content (AvgIpc) is 3.02. The molecule has 0 fully saturated rings. The Hall–Kier alpha value is -5.64. The largest absolute Gasteiger partial charge is 0.508 e. The van der Waals surface area contributed by atoms with Crippen LogP contribution in [-0.2, 0) is 28.9 Å². The zero-order chi connectivity index (χ0) is 31.5. The number of carbonyl (C=O) groups is 4. The van der Waals surface area contributed by atoms with Crippen molar-refractivity contribution in [1.82, 2.24) is 10.6 Å². The van der Waals surface area contributed by atoms with E-state index >= 15 is 0 Å². The summed E-state index contributed by atoms with van der Waals surface area (Å²) in [6, 6.07) is 27.2. The van der Waals surface area contributed by atoms with Gasteiger partial charge in [0.2, 0.25) is 11.8 Å². The molecule has 4 amide bonds. The van der Waals surface area contributed by atoms with Crippen molar-refractivity contribution in [2.24, 2.45) is 11.5 Å². The zero-order valence-electron chi connectivity index (χ0n) is 23.9. The van der Waals surface area contributed by atoms with Crippen LogP contribution in [0.1, 0.15) is 37.4 Å². The van der Waals surface area contributed by atoms with Crippen LogP contribution in [0.15, 0.2) is 103 Å². The SMILES string of the molecule is NC(=O)C(Cc1ccc(O)cc1)NC(=O)c1ccc(C(=O)NC(Cc2ccc(OCCc3ccccc3)cc2)C(N)=O)cc1. The van der Waals surface area contributed by atoms with Crippen LogP contribution in [0.25, 0.3) is 0 Å². The summed E-state index contributed by atoms with van der Waals surface area (Å²) in [5, 5.41) is 14.7. The van der Waals surface area contributed by atoms with Gasteiger partial charge in [-0.15, -0.1) is 0 Å². The lowest BCUT2D eigenvalue weighted by Gasteiger charge is -2.17.